The average molecular weight is 388 g/mol. The summed E-state index contributed by atoms with van der Waals surface area (Å²) in [5, 5.41) is 7.05. The molecule has 2 aliphatic rings. The first-order chi connectivity index (χ1) is 13.8. The highest BCUT2D eigenvalue weighted by atomic mass is 16.5. The van der Waals surface area contributed by atoms with E-state index in [-0.39, 0.29) is 0 Å². The van der Waals surface area contributed by atoms with Crippen LogP contribution in [0.3, 0.4) is 0 Å². The van der Waals surface area contributed by atoms with E-state index in [9.17, 15) is 0 Å². The molecular weight excluding hydrogens is 350 g/mol. The maximum Gasteiger partial charge on any atom is 0.191 e. The summed E-state index contributed by atoms with van der Waals surface area (Å²) >= 11 is 0. The molecule has 6 heteroatoms. The topological polar surface area (TPSA) is 52.1 Å². The molecule has 28 heavy (non-hydrogen) atoms. The summed E-state index contributed by atoms with van der Waals surface area (Å²) in [4.78, 5) is 9.51. The second-order valence-electron chi connectivity index (χ2n) is 7.77. The van der Waals surface area contributed by atoms with E-state index in [1.165, 1.54) is 43.5 Å². The molecule has 0 aromatic heterocycles. The second kappa shape index (κ2) is 11.4. The number of likely N-dealkylation sites (tertiary alicyclic amines) is 1. The van der Waals surface area contributed by atoms with Crippen molar-refractivity contribution >= 4 is 5.96 Å². The Morgan fingerprint density at radius 2 is 1.79 bits per heavy atom. The fraction of sp³-hybridized carbons (Fsp3) is 0.682. The largest absolute Gasteiger partial charge is 0.379 e. The first-order valence-corrected chi connectivity index (χ1v) is 10.9. The lowest BCUT2D eigenvalue weighted by Gasteiger charge is -2.28. The molecule has 1 aromatic rings. The van der Waals surface area contributed by atoms with Crippen molar-refractivity contribution in [1.29, 1.82) is 0 Å². The third-order valence-corrected chi connectivity index (χ3v) is 5.92. The van der Waals surface area contributed by atoms with Gasteiger partial charge in [-0.05, 0) is 43.5 Å². The number of nitrogens with one attached hydrogen (secondary N) is 2. The standard InChI is InChI=1S/C22H37N5O/c1-3-21(27-10-6-7-11-27)17-25-22(23-2)24-16-19-8-4-5-9-20(19)18-26-12-14-28-15-13-26/h4-5,8-9,21H,3,6-7,10-18H2,1-2H3,(H2,23,24,25). The van der Waals surface area contributed by atoms with Crippen LogP contribution in [-0.4, -0.2) is 74.8 Å². The highest BCUT2D eigenvalue weighted by Crippen LogP contribution is 2.14. The summed E-state index contributed by atoms with van der Waals surface area (Å²) in [5.74, 6) is 0.888. The molecule has 0 aliphatic carbocycles. The zero-order valence-corrected chi connectivity index (χ0v) is 17.6. The van der Waals surface area contributed by atoms with Crippen molar-refractivity contribution in [3.63, 3.8) is 0 Å². The minimum absolute atomic E-state index is 0.592. The Hall–Kier alpha value is -1.63. The maximum absolute atomic E-state index is 5.47. The van der Waals surface area contributed by atoms with Gasteiger partial charge in [0.05, 0.1) is 13.2 Å². The molecular formula is C22H37N5O. The Labute approximate surface area is 170 Å². The lowest BCUT2D eigenvalue weighted by Crippen LogP contribution is -2.46. The van der Waals surface area contributed by atoms with Crippen molar-refractivity contribution in [1.82, 2.24) is 20.4 Å². The van der Waals surface area contributed by atoms with Gasteiger partial charge in [0.15, 0.2) is 5.96 Å². The third-order valence-electron chi connectivity index (χ3n) is 5.92. The van der Waals surface area contributed by atoms with Gasteiger partial charge >= 0.3 is 0 Å². The van der Waals surface area contributed by atoms with Crippen LogP contribution >= 0.6 is 0 Å². The van der Waals surface area contributed by atoms with Crippen LogP contribution in [-0.2, 0) is 17.8 Å². The molecule has 0 saturated carbocycles. The molecule has 2 fully saturated rings. The predicted molar refractivity (Wildman–Crippen MR) is 116 cm³/mol. The number of guanidine groups is 1. The highest BCUT2D eigenvalue weighted by molar-refractivity contribution is 5.79. The van der Waals surface area contributed by atoms with Crippen molar-refractivity contribution in [3.8, 4) is 0 Å². The van der Waals surface area contributed by atoms with E-state index in [0.29, 0.717) is 6.04 Å². The predicted octanol–water partition coefficient (Wildman–Crippen LogP) is 2.06. The van der Waals surface area contributed by atoms with Crippen LogP contribution in [0.4, 0.5) is 0 Å². The van der Waals surface area contributed by atoms with Gasteiger partial charge in [0, 0.05) is 45.8 Å². The Balaban J connectivity index is 1.50. The van der Waals surface area contributed by atoms with Crippen LogP contribution < -0.4 is 10.6 Å². The van der Waals surface area contributed by atoms with E-state index in [0.717, 1.165) is 51.9 Å². The molecule has 2 saturated heterocycles. The highest BCUT2D eigenvalue weighted by Gasteiger charge is 2.20. The molecule has 2 N–H and O–H groups in total. The number of morpholine rings is 1. The third kappa shape index (κ3) is 6.19. The number of nitrogens with zero attached hydrogens (tertiary/aromatic N) is 3. The lowest BCUT2D eigenvalue weighted by atomic mass is 10.1. The van der Waals surface area contributed by atoms with Crippen molar-refractivity contribution in [3.05, 3.63) is 35.4 Å². The summed E-state index contributed by atoms with van der Waals surface area (Å²) in [6, 6.07) is 9.30. The summed E-state index contributed by atoms with van der Waals surface area (Å²) in [7, 11) is 1.85. The lowest BCUT2D eigenvalue weighted by molar-refractivity contribution is 0.0341. The summed E-state index contributed by atoms with van der Waals surface area (Å²) in [6.45, 7) is 11.2. The van der Waals surface area contributed by atoms with Gasteiger partial charge in [-0.1, -0.05) is 31.2 Å². The molecule has 1 unspecified atom stereocenters. The minimum atomic E-state index is 0.592. The van der Waals surface area contributed by atoms with Crippen LogP contribution in [0.5, 0.6) is 0 Å². The first kappa shape index (κ1) is 21.1. The molecule has 156 valence electrons. The molecule has 0 spiro atoms. The smallest absolute Gasteiger partial charge is 0.191 e. The Morgan fingerprint density at radius 1 is 1.07 bits per heavy atom. The SMILES string of the molecule is CCC(CNC(=NC)NCc1ccccc1CN1CCOCC1)N1CCCC1. The van der Waals surface area contributed by atoms with E-state index >= 15 is 0 Å². The fourth-order valence-electron chi connectivity index (χ4n) is 4.14. The molecule has 0 radical (unpaired) electrons. The van der Waals surface area contributed by atoms with Gasteiger partial charge in [0.2, 0.25) is 0 Å². The number of benzene rings is 1. The van der Waals surface area contributed by atoms with Gasteiger partial charge in [-0.2, -0.15) is 0 Å². The Morgan fingerprint density at radius 3 is 2.46 bits per heavy atom. The summed E-state index contributed by atoms with van der Waals surface area (Å²) in [6.07, 6.45) is 3.85. The van der Waals surface area contributed by atoms with Crippen molar-refractivity contribution in [2.45, 2.75) is 45.3 Å². The zero-order valence-electron chi connectivity index (χ0n) is 17.6. The molecule has 1 atom stereocenters. The van der Waals surface area contributed by atoms with E-state index in [4.69, 9.17) is 4.74 Å². The Bertz CT molecular complexity index is 609. The maximum atomic E-state index is 5.47. The van der Waals surface area contributed by atoms with E-state index in [1.807, 2.05) is 7.05 Å². The minimum Gasteiger partial charge on any atom is -0.379 e. The van der Waals surface area contributed by atoms with Crippen molar-refractivity contribution < 1.29 is 4.74 Å². The van der Waals surface area contributed by atoms with Gasteiger partial charge in [-0.25, -0.2) is 0 Å². The van der Waals surface area contributed by atoms with Gasteiger partial charge in [0.25, 0.3) is 0 Å². The fourth-order valence-corrected chi connectivity index (χ4v) is 4.14. The summed E-state index contributed by atoms with van der Waals surface area (Å²) < 4.78 is 5.47. The number of aliphatic imine (C=N–C) groups is 1. The number of hydrogen-bond acceptors (Lipinski definition) is 4. The second-order valence-corrected chi connectivity index (χ2v) is 7.77. The van der Waals surface area contributed by atoms with Gasteiger partial charge in [0.1, 0.15) is 0 Å². The van der Waals surface area contributed by atoms with Crippen LogP contribution in [0.1, 0.15) is 37.3 Å². The Kier molecular flexibility index (Phi) is 8.58. The average Bonchev–Trinajstić information content (AvgIpc) is 3.27. The molecule has 3 rings (SSSR count). The molecule has 0 bridgehead atoms. The van der Waals surface area contributed by atoms with Crippen LogP contribution in [0.25, 0.3) is 0 Å². The van der Waals surface area contributed by atoms with E-state index in [2.05, 4.69) is 56.6 Å². The number of rotatable bonds is 8. The van der Waals surface area contributed by atoms with Gasteiger partial charge in [-0.3, -0.25) is 14.8 Å². The molecule has 2 heterocycles. The van der Waals surface area contributed by atoms with Crippen LogP contribution in [0, 0.1) is 0 Å². The van der Waals surface area contributed by atoms with E-state index in [1.54, 1.807) is 0 Å². The number of ether oxygens (including phenoxy) is 1. The van der Waals surface area contributed by atoms with Crippen LogP contribution in [0.2, 0.25) is 0 Å². The zero-order chi connectivity index (χ0) is 19.6. The van der Waals surface area contributed by atoms with Gasteiger partial charge < -0.3 is 15.4 Å². The first-order valence-electron chi connectivity index (χ1n) is 10.9. The molecule has 6 nitrogen and oxygen atoms in total. The quantitative estimate of drug-likeness (QED) is 0.528. The van der Waals surface area contributed by atoms with Crippen molar-refractivity contribution in [2.24, 2.45) is 4.99 Å². The monoisotopic (exact) mass is 387 g/mol. The molecule has 2 aliphatic heterocycles. The van der Waals surface area contributed by atoms with Gasteiger partial charge in [-0.15, -0.1) is 0 Å². The van der Waals surface area contributed by atoms with Crippen molar-refractivity contribution in [2.75, 3.05) is 53.0 Å². The number of hydrogen-bond donors (Lipinski definition) is 2. The van der Waals surface area contributed by atoms with Crippen LogP contribution in [0.15, 0.2) is 29.3 Å². The van der Waals surface area contributed by atoms with E-state index < -0.39 is 0 Å². The summed E-state index contributed by atoms with van der Waals surface area (Å²) in [5.41, 5.74) is 2.72. The molecule has 1 aromatic carbocycles. The molecule has 0 amide bonds. The normalized spacial score (nSPS) is 20.3.